The van der Waals surface area contributed by atoms with Crippen molar-refractivity contribution in [3.05, 3.63) is 60.0 Å². The van der Waals surface area contributed by atoms with Crippen molar-refractivity contribution in [2.75, 3.05) is 13.1 Å². The van der Waals surface area contributed by atoms with Crippen LogP contribution in [0.3, 0.4) is 0 Å². The van der Waals surface area contributed by atoms with Crippen LogP contribution in [-0.4, -0.2) is 38.9 Å². The molecule has 1 atom stereocenters. The number of nitrogens with zero attached hydrogens (tertiary/aromatic N) is 4. The molecule has 0 saturated carbocycles. The van der Waals surface area contributed by atoms with E-state index in [-0.39, 0.29) is 24.0 Å². The number of aromatic nitrogens is 3. The molecule has 3 N–H and O–H groups in total. The SMILES string of the molecule is CCNC(=NCc1ccnc2ccccc12)NCC(C)(O)c1cnn(C)c1.I. The zero-order chi connectivity index (χ0) is 19.3. The highest BCUT2D eigenvalue weighted by atomic mass is 127. The highest BCUT2D eigenvalue weighted by molar-refractivity contribution is 14.0. The number of rotatable bonds is 6. The largest absolute Gasteiger partial charge is 0.383 e. The number of benzene rings is 1. The lowest BCUT2D eigenvalue weighted by molar-refractivity contribution is 0.0616. The predicted octanol–water partition coefficient (Wildman–Crippen LogP) is 2.55. The fraction of sp³-hybridized carbons (Fsp3) is 0.350. The maximum Gasteiger partial charge on any atom is 0.191 e. The van der Waals surface area contributed by atoms with Gasteiger partial charge in [-0.2, -0.15) is 5.10 Å². The number of fused-ring (bicyclic) bond motifs is 1. The van der Waals surface area contributed by atoms with E-state index in [2.05, 4.69) is 31.8 Å². The first-order chi connectivity index (χ1) is 13.0. The number of hydrogen-bond acceptors (Lipinski definition) is 4. The number of pyridine rings is 1. The fourth-order valence-corrected chi connectivity index (χ4v) is 2.86. The third kappa shape index (κ3) is 5.41. The Morgan fingerprint density at radius 2 is 2.04 bits per heavy atom. The average Bonchev–Trinajstić information content (AvgIpc) is 3.11. The van der Waals surface area contributed by atoms with E-state index in [1.807, 2.05) is 44.4 Å². The predicted molar refractivity (Wildman–Crippen MR) is 123 cm³/mol. The molecule has 2 aromatic heterocycles. The minimum absolute atomic E-state index is 0. The van der Waals surface area contributed by atoms with Crippen LogP contribution in [-0.2, 0) is 19.2 Å². The fourth-order valence-electron chi connectivity index (χ4n) is 2.86. The highest BCUT2D eigenvalue weighted by Crippen LogP contribution is 2.19. The zero-order valence-electron chi connectivity index (χ0n) is 16.4. The van der Waals surface area contributed by atoms with Crippen LogP contribution in [0.25, 0.3) is 10.9 Å². The molecule has 0 aliphatic heterocycles. The van der Waals surface area contributed by atoms with Gasteiger partial charge in [-0.25, -0.2) is 4.99 Å². The lowest BCUT2D eigenvalue weighted by Crippen LogP contribution is -2.44. The van der Waals surface area contributed by atoms with E-state index < -0.39 is 5.60 Å². The topological polar surface area (TPSA) is 87.4 Å². The van der Waals surface area contributed by atoms with Crippen molar-refractivity contribution < 1.29 is 5.11 Å². The van der Waals surface area contributed by atoms with Crippen molar-refractivity contribution in [2.45, 2.75) is 26.0 Å². The standard InChI is InChI=1S/C20H26N6O.HI/c1-4-21-19(24-14-20(2,27)16-12-25-26(3)13-16)23-11-15-9-10-22-18-8-6-5-7-17(15)18;/h5-10,12-13,27H,4,11,14H2,1-3H3,(H2,21,23,24);1H. The summed E-state index contributed by atoms with van der Waals surface area (Å²) in [6, 6.07) is 10.0. The van der Waals surface area contributed by atoms with Gasteiger partial charge < -0.3 is 15.7 Å². The molecule has 0 amide bonds. The number of para-hydroxylation sites is 1. The lowest BCUT2D eigenvalue weighted by Gasteiger charge is -2.23. The van der Waals surface area contributed by atoms with Gasteiger partial charge in [0, 0.05) is 36.9 Å². The van der Waals surface area contributed by atoms with Crippen LogP contribution in [0.5, 0.6) is 0 Å². The Labute approximate surface area is 182 Å². The Morgan fingerprint density at radius 3 is 2.75 bits per heavy atom. The third-order valence-electron chi connectivity index (χ3n) is 4.42. The van der Waals surface area contributed by atoms with Gasteiger partial charge in [0.05, 0.1) is 24.8 Å². The van der Waals surface area contributed by atoms with Crippen LogP contribution in [0, 0.1) is 0 Å². The molecule has 7 nitrogen and oxygen atoms in total. The first kappa shape index (κ1) is 22.1. The number of guanidine groups is 1. The summed E-state index contributed by atoms with van der Waals surface area (Å²) in [6.07, 6.45) is 5.30. The van der Waals surface area contributed by atoms with Crippen LogP contribution in [0.2, 0.25) is 0 Å². The Bertz CT molecular complexity index is 932. The summed E-state index contributed by atoms with van der Waals surface area (Å²) in [5, 5.41) is 22.4. The zero-order valence-corrected chi connectivity index (χ0v) is 18.7. The van der Waals surface area contributed by atoms with Gasteiger partial charge in [0.2, 0.25) is 0 Å². The van der Waals surface area contributed by atoms with Crippen LogP contribution in [0.15, 0.2) is 53.9 Å². The molecule has 8 heteroatoms. The molecule has 0 saturated heterocycles. The highest BCUT2D eigenvalue weighted by Gasteiger charge is 2.25. The summed E-state index contributed by atoms with van der Waals surface area (Å²) in [5.41, 5.74) is 1.78. The molecule has 150 valence electrons. The number of aryl methyl sites for hydroxylation is 1. The minimum atomic E-state index is -1.05. The second-order valence-electron chi connectivity index (χ2n) is 6.71. The van der Waals surface area contributed by atoms with Gasteiger partial charge in [-0.15, -0.1) is 24.0 Å². The lowest BCUT2D eigenvalue weighted by atomic mass is 10.00. The maximum absolute atomic E-state index is 10.7. The van der Waals surface area contributed by atoms with E-state index in [0.717, 1.165) is 28.6 Å². The van der Waals surface area contributed by atoms with Crippen molar-refractivity contribution >= 4 is 40.8 Å². The summed E-state index contributed by atoms with van der Waals surface area (Å²) in [5.74, 6) is 0.655. The van der Waals surface area contributed by atoms with Gasteiger partial charge >= 0.3 is 0 Å². The first-order valence-corrected chi connectivity index (χ1v) is 9.06. The smallest absolute Gasteiger partial charge is 0.191 e. The Morgan fingerprint density at radius 1 is 1.25 bits per heavy atom. The van der Waals surface area contributed by atoms with Crippen molar-refractivity contribution in [2.24, 2.45) is 12.0 Å². The quantitative estimate of drug-likeness (QED) is 0.279. The van der Waals surface area contributed by atoms with Gasteiger partial charge in [-0.1, -0.05) is 18.2 Å². The Kier molecular flexibility index (Phi) is 7.76. The Hall–Kier alpha value is -2.20. The van der Waals surface area contributed by atoms with Crippen molar-refractivity contribution in [1.29, 1.82) is 0 Å². The van der Waals surface area contributed by atoms with E-state index in [1.165, 1.54) is 0 Å². The van der Waals surface area contributed by atoms with E-state index in [9.17, 15) is 5.11 Å². The molecule has 1 aromatic carbocycles. The van der Waals surface area contributed by atoms with E-state index in [1.54, 1.807) is 24.0 Å². The van der Waals surface area contributed by atoms with Gasteiger partial charge in [0.25, 0.3) is 0 Å². The summed E-state index contributed by atoms with van der Waals surface area (Å²) >= 11 is 0. The number of aliphatic hydroxyl groups is 1. The molecule has 28 heavy (non-hydrogen) atoms. The molecule has 1 unspecified atom stereocenters. The molecule has 0 aliphatic carbocycles. The molecular formula is C20H27IN6O. The summed E-state index contributed by atoms with van der Waals surface area (Å²) in [7, 11) is 1.83. The van der Waals surface area contributed by atoms with E-state index in [0.29, 0.717) is 19.0 Å². The summed E-state index contributed by atoms with van der Waals surface area (Å²) in [6.45, 7) is 5.35. The van der Waals surface area contributed by atoms with Crippen molar-refractivity contribution in [3.63, 3.8) is 0 Å². The Balaban J connectivity index is 0.00000280. The molecule has 0 aliphatic rings. The number of nitrogens with one attached hydrogen (secondary N) is 2. The second kappa shape index (κ2) is 9.83. The number of hydrogen-bond donors (Lipinski definition) is 3. The molecule has 3 rings (SSSR count). The van der Waals surface area contributed by atoms with Crippen LogP contribution in [0.1, 0.15) is 25.0 Å². The number of aliphatic imine (C=N–C) groups is 1. The van der Waals surface area contributed by atoms with E-state index in [4.69, 9.17) is 0 Å². The molecule has 3 aromatic rings. The molecular weight excluding hydrogens is 467 g/mol. The minimum Gasteiger partial charge on any atom is -0.383 e. The average molecular weight is 494 g/mol. The van der Waals surface area contributed by atoms with Gasteiger partial charge in [0.1, 0.15) is 5.60 Å². The summed E-state index contributed by atoms with van der Waals surface area (Å²) in [4.78, 5) is 9.06. The van der Waals surface area contributed by atoms with Gasteiger partial charge in [-0.05, 0) is 31.5 Å². The van der Waals surface area contributed by atoms with Crippen LogP contribution < -0.4 is 10.6 Å². The molecule has 0 fully saturated rings. The van der Waals surface area contributed by atoms with Gasteiger partial charge in [0.15, 0.2) is 5.96 Å². The third-order valence-corrected chi connectivity index (χ3v) is 4.42. The van der Waals surface area contributed by atoms with Crippen LogP contribution >= 0.6 is 24.0 Å². The molecule has 0 spiro atoms. The number of halogens is 1. The normalized spacial score (nSPS) is 13.6. The van der Waals surface area contributed by atoms with Crippen LogP contribution in [0.4, 0.5) is 0 Å². The molecule has 0 bridgehead atoms. The monoisotopic (exact) mass is 494 g/mol. The van der Waals surface area contributed by atoms with Gasteiger partial charge in [-0.3, -0.25) is 9.67 Å². The summed E-state index contributed by atoms with van der Waals surface area (Å²) < 4.78 is 1.68. The van der Waals surface area contributed by atoms with Crippen molar-refractivity contribution in [1.82, 2.24) is 25.4 Å². The maximum atomic E-state index is 10.7. The first-order valence-electron chi connectivity index (χ1n) is 9.06. The second-order valence-corrected chi connectivity index (χ2v) is 6.71. The molecule has 2 heterocycles. The molecule has 0 radical (unpaired) electrons. The van der Waals surface area contributed by atoms with Crippen molar-refractivity contribution in [3.8, 4) is 0 Å². The van der Waals surface area contributed by atoms with E-state index >= 15 is 0 Å².